The summed E-state index contributed by atoms with van der Waals surface area (Å²) in [5.74, 6) is -0.283. The van der Waals surface area contributed by atoms with Crippen molar-refractivity contribution in [2.45, 2.75) is 13.5 Å². The van der Waals surface area contributed by atoms with E-state index in [2.05, 4.69) is 10.5 Å². The van der Waals surface area contributed by atoms with E-state index in [0.29, 0.717) is 17.1 Å². The lowest BCUT2D eigenvalue weighted by atomic mass is 10.1. The molecular formula is C13H13N3O5. The van der Waals surface area contributed by atoms with Crippen LogP contribution in [0.15, 0.2) is 28.8 Å². The van der Waals surface area contributed by atoms with Gasteiger partial charge in [-0.15, -0.1) is 0 Å². The molecule has 0 saturated carbocycles. The van der Waals surface area contributed by atoms with E-state index in [1.807, 2.05) is 0 Å². The second-order valence-electron chi connectivity index (χ2n) is 4.25. The van der Waals surface area contributed by atoms with E-state index >= 15 is 0 Å². The van der Waals surface area contributed by atoms with Crippen LogP contribution < -0.4 is 5.32 Å². The number of aromatic nitrogens is 1. The molecule has 1 N–H and O–H groups in total. The van der Waals surface area contributed by atoms with E-state index in [9.17, 15) is 14.9 Å². The Bertz CT molecular complexity index is 680. The molecule has 110 valence electrons. The van der Waals surface area contributed by atoms with Crippen molar-refractivity contribution in [2.24, 2.45) is 0 Å². The highest BCUT2D eigenvalue weighted by Gasteiger charge is 2.18. The van der Waals surface area contributed by atoms with Gasteiger partial charge in [-0.2, -0.15) is 0 Å². The number of benzene rings is 1. The zero-order valence-electron chi connectivity index (χ0n) is 11.5. The van der Waals surface area contributed by atoms with Crippen molar-refractivity contribution >= 4 is 17.3 Å². The minimum absolute atomic E-state index is 0.0861. The third-order valence-electron chi connectivity index (χ3n) is 2.73. The normalized spacial score (nSPS) is 10.2. The molecule has 0 saturated heterocycles. The van der Waals surface area contributed by atoms with Crippen molar-refractivity contribution in [3.8, 4) is 0 Å². The lowest BCUT2D eigenvalue weighted by molar-refractivity contribution is -0.384. The molecule has 0 atom stereocenters. The number of anilines is 1. The molecule has 2 rings (SSSR count). The third kappa shape index (κ3) is 3.35. The molecule has 0 amide bonds. The van der Waals surface area contributed by atoms with Crippen molar-refractivity contribution in [1.29, 1.82) is 0 Å². The Morgan fingerprint density at radius 3 is 2.81 bits per heavy atom. The molecule has 0 aliphatic carbocycles. The summed E-state index contributed by atoms with van der Waals surface area (Å²) in [6.45, 7) is 1.65. The standard InChI is InChI=1S/C13H13N3O5/c1-8-5-10(21-15-8)7-20-13(17)11-6-9(16(18)19)3-4-12(11)14-2/h3-6,14H,7H2,1-2H3. The predicted molar refractivity (Wildman–Crippen MR) is 73.0 cm³/mol. The summed E-state index contributed by atoms with van der Waals surface area (Å²) in [5, 5.41) is 17.2. The number of hydrogen-bond donors (Lipinski definition) is 1. The highest BCUT2D eigenvalue weighted by atomic mass is 16.6. The minimum Gasteiger partial charge on any atom is -0.454 e. The van der Waals surface area contributed by atoms with Gasteiger partial charge in [0, 0.05) is 30.9 Å². The number of nitro groups is 1. The molecule has 2 aromatic rings. The summed E-state index contributed by atoms with van der Waals surface area (Å²) < 4.78 is 9.99. The van der Waals surface area contributed by atoms with Crippen molar-refractivity contribution in [3.63, 3.8) is 0 Å². The summed E-state index contributed by atoms with van der Waals surface area (Å²) >= 11 is 0. The van der Waals surface area contributed by atoms with Gasteiger partial charge in [0.05, 0.1) is 16.2 Å². The van der Waals surface area contributed by atoms with E-state index < -0.39 is 10.9 Å². The molecular weight excluding hydrogens is 278 g/mol. The molecule has 0 aliphatic heterocycles. The Labute approximate surface area is 119 Å². The summed E-state index contributed by atoms with van der Waals surface area (Å²) in [6, 6.07) is 5.56. The van der Waals surface area contributed by atoms with Crippen molar-refractivity contribution in [1.82, 2.24) is 5.16 Å². The predicted octanol–water partition coefficient (Wildman–Crippen LogP) is 2.29. The van der Waals surface area contributed by atoms with E-state index in [-0.39, 0.29) is 17.9 Å². The number of hydrogen-bond acceptors (Lipinski definition) is 7. The van der Waals surface area contributed by atoms with Crippen LogP contribution in [0.25, 0.3) is 0 Å². The van der Waals surface area contributed by atoms with Crippen LogP contribution in [0.1, 0.15) is 21.8 Å². The van der Waals surface area contributed by atoms with Gasteiger partial charge in [-0.3, -0.25) is 10.1 Å². The number of ether oxygens (including phenoxy) is 1. The Balaban J connectivity index is 2.17. The molecule has 8 nitrogen and oxygen atoms in total. The first kappa shape index (κ1) is 14.5. The Morgan fingerprint density at radius 1 is 1.48 bits per heavy atom. The fourth-order valence-corrected chi connectivity index (χ4v) is 1.73. The van der Waals surface area contributed by atoms with Crippen LogP contribution >= 0.6 is 0 Å². The number of rotatable bonds is 5. The fraction of sp³-hybridized carbons (Fsp3) is 0.231. The molecule has 0 fully saturated rings. The molecule has 0 radical (unpaired) electrons. The summed E-state index contributed by atoms with van der Waals surface area (Å²) in [7, 11) is 1.61. The van der Waals surface area contributed by atoms with E-state index in [4.69, 9.17) is 9.26 Å². The van der Waals surface area contributed by atoms with E-state index in [0.717, 1.165) is 0 Å². The highest BCUT2D eigenvalue weighted by molar-refractivity contribution is 5.96. The van der Waals surface area contributed by atoms with Crippen LogP contribution in [0.3, 0.4) is 0 Å². The van der Waals surface area contributed by atoms with Crippen LogP contribution in [0.2, 0.25) is 0 Å². The maximum absolute atomic E-state index is 12.0. The van der Waals surface area contributed by atoms with Gasteiger partial charge in [-0.1, -0.05) is 5.16 Å². The zero-order chi connectivity index (χ0) is 15.4. The number of carbonyl (C=O) groups excluding carboxylic acids is 1. The summed E-state index contributed by atoms with van der Waals surface area (Å²) in [4.78, 5) is 22.2. The number of carbonyl (C=O) groups is 1. The first-order chi connectivity index (χ1) is 10.0. The van der Waals surface area contributed by atoms with Crippen LogP contribution in [0, 0.1) is 17.0 Å². The second kappa shape index (κ2) is 6.04. The van der Waals surface area contributed by atoms with Crippen molar-refractivity contribution in [2.75, 3.05) is 12.4 Å². The fourth-order valence-electron chi connectivity index (χ4n) is 1.73. The SMILES string of the molecule is CNc1ccc([N+](=O)[O-])cc1C(=O)OCc1cc(C)no1. The first-order valence-electron chi connectivity index (χ1n) is 6.06. The Kier molecular flexibility index (Phi) is 4.17. The van der Waals surface area contributed by atoms with Gasteiger partial charge in [0.2, 0.25) is 0 Å². The van der Waals surface area contributed by atoms with E-state index in [1.54, 1.807) is 20.0 Å². The number of nitro benzene ring substituents is 1. The summed E-state index contributed by atoms with van der Waals surface area (Å²) in [6.07, 6.45) is 0. The molecule has 1 aromatic heterocycles. The molecule has 1 aromatic carbocycles. The number of aryl methyl sites for hydroxylation is 1. The number of nitrogens with zero attached hydrogens (tertiary/aromatic N) is 2. The topological polar surface area (TPSA) is 108 Å². The van der Waals surface area contributed by atoms with Crippen molar-refractivity contribution < 1.29 is 19.0 Å². The molecule has 0 unspecified atom stereocenters. The lowest BCUT2D eigenvalue weighted by Gasteiger charge is -2.08. The molecule has 0 spiro atoms. The first-order valence-corrected chi connectivity index (χ1v) is 6.06. The van der Waals surface area contributed by atoms with Crippen LogP contribution in [-0.2, 0) is 11.3 Å². The summed E-state index contributed by atoms with van der Waals surface area (Å²) in [5.41, 5.74) is 1.02. The van der Waals surface area contributed by atoms with Crippen LogP contribution in [-0.4, -0.2) is 23.1 Å². The molecule has 8 heteroatoms. The molecule has 1 heterocycles. The van der Waals surface area contributed by atoms with E-state index in [1.165, 1.54) is 18.2 Å². The third-order valence-corrected chi connectivity index (χ3v) is 2.73. The average Bonchev–Trinajstić information content (AvgIpc) is 2.89. The molecule has 0 bridgehead atoms. The van der Waals surface area contributed by atoms with Gasteiger partial charge in [0.15, 0.2) is 12.4 Å². The number of non-ortho nitro benzene ring substituents is 1. The second-order valence-corrected chi connectivity index (χ2v) is 4.25. The molecule has 21 heavy (non-hydrogen) atoms. The largest absolute Gasteiger partial charge is 0.454 e. The lowest BCUT2D eigenvalue weighted by Crippen LogP contribution is -2.09. The maximum Gasteiger partial charge on any atom is 0.340 e. The Hall–Kier alpha value is -2.90. The molecule has 0 aliphatic rings. The zero-order valence-corrected chi connectivity index (χ0v) is 11.5. The van der Waals surface area contributed by atoms with Gasteiger partial charge in [0.25, 0.3) is 5.69 Å². The van der Waals surface area contributed by atoms with Gasteiger partial charge >= 0.3 is 5.97 Å². The quantitative estimate of drug-likeness (QED) is 0.511. The van der Waals surface area contributed by atoms with Crippen molar-refractivity contribution in [3.05, 3.63) is 51.4 Å². The number of esters is 1. The maximum atomic E-state index is 12.0. The van der Waals surface area contributed by atoms with Gasteiger partial charge in [0.1, 0.15) is 0 Å². The van der Waals surface area contributed by atoms with Gasteiger partial charge < -0.3 is 14.6 Å². The van der Waals surface area contributed by atoms with Crippen LogP contribution in [0.5, 0.6) is 0 Å². The highest BCUT2D eigenvalue weighted by Crippen LogP contribution is 2.23. The van der Waals surface area contributed by atoms with Gasteiger partial charge in [-0.25, -0.2) is 4.79 Å². The van der Waals surface area contributed by atoms with Crippen LogP contribution in [0.4, 0.5) is 11.4 Å². The number of nitrogens with one attached hydrogen (secondary N) is 1. The minimum atomic E-state index is -0.683. The van der Waals surface area contributed by atoms with Gasteiger partial charge in [-0.05, 0) is 13.0 Å². The Morgan fingerprint density at radius 2 is 2.24 bits per heavy atom. The average molecular weight is 291 g/mol. The smallest absolute Gasteiger partial charge is 0.340 e. The monoisotopic (exact) mass is 291 g/mol.